The van der Waals surface area contributed by atoms with Crippen LogP contribution in [0.2, 0.25) is 0 Å². The van der Waals surface area contributed by atoms with Gasteiger partial charge < -0.3 is 0 Å². The molecule has 1 aromatic carbocycles. The number of hydrogen-bond acceptors (Lipinski definition) is 3. The van der Waals surface area contributed by atoms with Crippen molar-refractivity contribution in [3.05, 3.63) is 26.8 Å². The van der Waals surface area contributed by atoms with Crippen LogP contribution in [-0.2, 0) is 15.5 Å². The molecular weight excluding hydrogens is 349 g/mol. The smallest absolute Gasteiger partial charge is 0.207 e. The Balaban J connectivity index is 3.57. The summed E-state index contributed by atoms with van der Waals surface area (Å²) in [6.45, 7) is 1.94. The Kier molecular flexibility index (Phi) is 3.98. The summed E-state index contributed by atoms with van der Waals surface area (Å²) >= 11 is 2.03. The number of hydrogen-bond donors (Lipinski definition) is 0. The first kappa shape index (κ1) is 12.7. The maximum Gasteiger partial charge on any atom is 0.262 e. The molecule has 15 heavy (non-hydrogen) atoms. The largest absolute Gasteiger partial charge is 0.262 e. The molecule has 1 aromatic rings. The van der Waals surface area contributed by atoms with E-state index in [4.69, 9.17) is 15.9 Å². The number of benzene rings is 1. The maximum absolute atomic E-state index is 11.2. The summed E-state index contributed by atoms with van der Waals surface area (Å²) in [7, 11) is 1.38. The quantitative estimate of drug-likeness (QED) is 0.605. The van der Waals surface area contributed by atoms with Gasteiger partial charge in [-0.15, -0.1) is 0 Å². The fourth-order valence-corrected chi connectivity index (χ4v) is 3.23. The van der Waals surface area contributed by atoms with E-state index in [-0.39, 0.29) is 10.5 Å². The highest BCUT2D eigenvalue weighted by Gasteiger charge is 2.17. The third-order valence-corrected chi connectivity index (χ3v) is 4.28. The van der Waals surface area contributed by atoms with Gasteiger partial charge >= 0.3 is 0 Å². The van der Waals surface area contributed by atoms with Crippen LogP contribution < -0.4 is 0 Å². The van der Waals surface area contributed by atoms with Gasteiger partial charge in [-0.3, -0.25) is 0 Å². The summed E-state index contributed by atoms with van der Waals surface area (Å²) in [5.74, 6) is 0. The number of rotatable bonds is 2. The zero-order chi connectivity index (χ0) is 11.6. The Morgan fingerprint density at radius 3 is 2.53 bits per heavy atom. The van der Waals surface area contributed by atoms with E-state index in [1.165, 1.54) is 6.07 Å². The van der Waals surface area contributed by atoms with Crippen LogP contribution in [0.5, 0.6) is 0 Å². The molecule has 0 saturated carbocycles. The summed E-state index contributed by atoms with van der Waals surface area (Å²) in [5.41, 5.74) is 1.04. The zero-order valence-electron chi connectivity index (χ0n) is 7.79. The number of nitrogens with zero attached hydrogens (tertiary/aromatic N) is 1. The molecule has 0 aliphatic rings. The van der Waals surface area contributed by atoms with Crippen molar-refractivity contribution in [2.75, 3.05) is 0 Å². The average Bonchev–Trinajstić information content (AvgIpc) is 2.16. The summed E-state index contributed by atoms with van der Waals surface area (Å²) < 4.78 is 23.2. The lowest BCUT2D eigenvalue weighted by molar-refractivity contribution is 0.609. The van der Waals surface area contributed by atoms with Gasteiger partial charge in [-0.25, -0.2) is 8.42 Å². The Bertz CT molecular complexity index is 534. The second kappa shape index (κ2) is 4.68. The van der Waals surface area contributed by atoms with Gasteiger partial charge in [0.2, 0.25) is 0 Å². The Hall–Kier alpha value is -0.320. The predicted octanol–water partition coefficient (Wildman–Crippen LogP) is 2.65. The van der Waals surface area contributed by atoms with Gasteiger partial charge in [-0.1, -0.05) is 6.92 Å². The molecule has 0 unspecified atom stereocenters. The van der Waals surface area contributed by atoms with Crippen molar-refractivity contribution in [2.24, 2.45) is 0 Å². The SMILES string of the molecule is CCc1cc(C#N)c(S(=O)(=O)Cl)cc1I. The molecular formula is C9H7ClINO2S. The van der Waals surface area contributed by atoms with E-state index in [1.54, 1.807) is 6.07 Å². The van der Waals surface area contributed by atoms with E-state index < -0.39 is 9.05 Å². The van der Waals surface area contributed by atoms with E-state index >= 15 is 0 Å². The molecule has 6 heteroatoms. The molecule has 0 spiro atoms. The molecule has 3 nitrogen and oxygen atoms in total. The first-order chi connectivity index (χ1) is 6.90. The monoisotopic (exact) mass is 355 g/mol. The van der Waals surface area contributed by atoms with Crippen molar-refractivity contribution in [1.82, 2.24) is 0 Å². The van der Waals surface area contributed by atoms with E-state index in [0.29, 0.717) is 0 Å². The zero-order valence-corrected chi connectivity index (χ0v) is 11.5. The van der Waals surface area contributed by atoms with Gasteiger partial charge in [0.15, 0.2) is 0 Å². The molecule has 0 aromatic heterocycles. The number of aryl methyl sites for hydroxylation is 1. The van der Waals surface area contributed by atoms with Gasteiger partial charge in [0.25, 0.3) is 9.05 Å². The lowest BCUT2D eigenvalue weighted by Gasteiger charge is -2.05. The van der Waals surface area contributed by atoms with Gasteiger partial charge in [-0.05, 0) is 46.7 Å². The lowest BCUT2D eigenvalue weighted by atomic mass is 10.1. The van der Waals surface area contributed by atoms with Gasteiger partial charge in [0.1, 0.15) is 11.0 Å². The highest BCUT2D eigenvalue weighted by Crippen LogP contribution is 2.25. The van der Waals surface area contributed by atoms with Gasteiger partial charge in [0.05, 0.1) is 5.56 Å². The van der Waals surface area contributed by atoms with Gasteiger partial charge in [-0.2, -0.15) is 5.26 Å². The van der Waals surface area contributed by atoms with E-state index in [1.807, 2.05) is 35.6 Å². The van der Waals surface area contributed by atoms with Crippen LogP contribution in [0, 0.1) is 14.9 Å². The minimum atomic E-state index is -3.85. The van der Waals surface area contributed by atoms with E-state index in [2.05, 4.69) is 0 Å². The van der Waals surface area contributed by atoms with Crippen LogP contribution in [0.1, 0.15) is 18.1 Å². The normalized spacial score (nSPS) is 11.1. The van der Waals surface area contributed by atoms with Crippen LogP contribution in [-0.4, -0.2) is 8.42 Å². The summed E-state index contributed by atoms with van der Waals surface area (Å²) in [4.78, 5) is -0.117. The lowest BCUT2D eigenvalue weighted by Crippen LogP contribution is -1.99. The highest BCUT2D eigenvalue weighted by atomic mass is 127. The number of nitriles is 1. The topological polar surface area (TPSA) is 57.9 Å². The Morgan fingerprint density at radius 2 is 2.13 bits per heavy atom. The van der Waals surface area contributed by atoms with Crippen molar-refractivity contribution >= 4 is 42.3 Å². The van der Waals surface area contributed by atoms with Crippen molar-refractivity contribution < 1.29 is 8.42 Å². The molecule has 0 aliphatic heterocycles. The second-order valence-electron chi connectivity index (χ2n) is 2.84. The van der Waals surface area contributed by atoms with E-state index in [0.717, 1.165) is 15.6 Å². The third kappa shape index (κ3) is 2.83. The van der Waals surface area contributed by atoms with Crippen molar-refractivity contribution in [2.45, 2.75) is 18.2 Å². The molecule has 0 bridgehead atoms. The second-order valence-corrected chi connectivity index (χ2v) is 6.54. The van der Waals surface area contributed by atoms with Crippen molar-refractivity contribution in [1.29, 1.82) is 5.26 Å². The number of halogens is 2. The van der Waals surface area contributed by atoms with Crippen molar-refractivity contribution in [3.63, 3.8) is 0 Å². The van der Waals surface area contributed by atoms with Crippen LogP contribution in [0.3, 0.4) is 0 Å². The molecule has 0 atom stereocenters. The minimum absolute atomic E-state index is 0.0993. The summed E-state index contributed by atoms with van der Waals surface area (Å²) in [5, 5.41) is 8.82. The van der Waals surface area contributed by atoms with Crippen LogP contribution in [0.25, 0.3) is 0 Å². The molecule has 0 N–H and O–H groups in total. The van der Waals surface area contributed by atoms with E-state index in [9.17, 15) is 8.42 Å². The van der Waals surface area contributed by atoms with Crippen LogP contribution >= 0.6 is 33.3 Å². The molecule has 80 valence electrons. The summed E-state index contributed by atoms with van der Waals surface area (Å²) in [6, 6.07) is 4.83. The fraction of sp³-hybridized carbons (Fsp3) is 0.222. The Morgan fingerprint density at radius 1 is 1.53 bits per heavy atom. The van der Waals surface area contributed by atoms with Crippen LogP contribution in [0.15, 0.2) is 17.0 Å². The minimum Gasteiger partial charge on any atom is -0.207 e. The molecule has 0 fully saturated rings. The standard InChI is InChI=1S/C9H7ClINO2S/c1-2-6-3-7(5-12)9(4-8(6)11)15(10,13)14/h3-4H,2H2,1H3. The maximum atomic E-state index is 11.2. The molecule has 0 aliphatic carbocycles. The molecule has 0 amide bonds. The average molecular weight is 356 g/mol. The predicted molar refractivity (Wildman–Crippen MR) is 66.3 cm³/mol. The highest BCUT2D eigenvalue weighted by molar-refractivity contribution is 14.1. The molecule has 1 rings (SSSR count). The fourth-order valence-electron chi connectivity index (χ4n) is 1.16. The van der Waals surface area contributed by atoms with Gasteiger partial charge in [0, 0.05) is 14.3 Å². The molecule has 0 radical (unpaired) electrons. The first-order valence-corrected chi connectivity index (χ1v) is 7.46. The molecule has 0 heterocycles. The first-order valence-electron chi connectivity index (χ1n) is 4.07. The Labute approximate surface area is 107 Å². The third-order valence-electron chi connectivity index (χ3n) is 1.91. The van der Waals surface area contributed by atoms with Crippen molar-refractivity contribution in [3.8, 4) is 6.07 Å². The van der Waals surface area contributed by atoms with Crippen LogP contribution in [0.4, 0.5) is 0 Å². The summed E-state index contributed by atoms with van der Waals surface area (Å²) in [6.07, 6.45) is 0.746. The molecule has 0 saturated heterocycles.